The summed E-state index contributed by atoms with van der Waals surface area (Å²) in [4.78, 5) is 34.7. The molecule has 1 aliphatic heterocycles. The summed E-state index contributed by atoms with van der Waals surface area (Å²) in [5, 5.41) is 10.8. The van der Waals surface area contributed by atoms with Crippen molar-refractivity contribution in [2.75, 3.05) is 39.0 Å². The highest BCUT2D eigenvalue weighted by atomic mass is 16.2. The highest BCUT2D eigenvalue weighted by Gasteiger charge is 2.27. The van der Waals surface area contributed by atoms with E-state index in [1.54, 1.807) is 19.1 Å². The Kier molecular flexibility index (Phi) is 7.55. The summed E-state index contributed by atoms with van der Waals surface area (Å²) >= 11 is 0. The molecule has 0 bridgehead atoms. The molecule has 0 spiro atoms. The zero-order chi connectivity index (χ0) is 24.9. The van der Waals surface area contributed by atoms with Crippen molar-refractivity contribution in [3.8, 4) is 0 Å². The SMILES string of the molecule is Cc1cc(C(=O)Nc2nc3cccc(C)c3n2[C@@H]2CCCCN(C(=O)/C=C/CN(C)C)C2)cnn1. The molecule has 4 rings (SSSR count). The molecule has 1 aliphatic rings. The van der Waals surface area contributed by atoms with E-state index < -0.39 is 0 Å². The highest BCUT2D eigenvalue weighted by Crippen LogP contribution is 2.32. The van der Waals surface area contributed by atoms with Gasteiger partial charge in [0.25, 0.3) is 5.91 Å². The van der Waals surface area contributed by atoms with E-state index in [-0.39, 0.29) is 17.9 Å². The van der Waals surface area contributed by atoms with Gasteiger partial charge in [-0.2, -0.15) is 10.2 Å². The first-order valence-electron chi connectivity index (χ1n) is 12.0. The predicted molar refractivity (Wildman–Crippen MR) is 136 cm³/mol. The Hall–Kier alpha value is -3.59. The Bertz CT molecular complexity index is 1250. The summed E-state index contributed by atoms with van der Waals surface area (Å²) in [6, 6.07) is 7.66. The molecule has 0 radical (unpaired) electrons. The topological polar surface area (TPSA) is 96.2 Å². The number of nitrogens with zero attached hydrogens (tertiary/aromatic N) is 6. The lowest BCUT2D eigenvalue weighted by Crippen LogP contribution is -2.35. The number of fused-ring (bicyclic) bond motifs is 1. The van der Waals surface area contributed by atoms with Crippen molar-refractivity contribution >= 4 is 28.8 Å². The predicted octanol–water partition coefficient (Wildman–Crippen LogP) is 3.37. The van der Waals surface area contributed by atoms with E-state index in [1.165, 1.54) is 6.20 Å². The number of benzene rings is 1. The third-order valence-corrected chi connectivity index (χ3v) is 6.23. The van der Waals surface area contributed by atoms with Crippen LogP contribution >= 0.6 is 0 Å². The Labute approximate surface area is 205 Å². The van der Waals surface area contributed by atoms with E-state index in [4.69, 9.17) is 4.98 Å². The average Bonchev–Trinajstić information content (AvgIpc) is 3.01. The molecule has 0 saturated carbocycles. The Morgan fingerprint density at radius 1 is 1.23 bits per heavy atom. The van der Waals surface area contributed by atoms with Crippen molar-refractivity contribution in [1.82, 2.24) is 29.5 Å². The van der Waals surface area contributed by atoms with Crippen LogP contribution in [0.2, 0.25) is 0 Å². The van der Waals surface area contributed by atoms with Gasteiger partial charge in [0.05, 0.1) is 34.5 Å². The van der Waals surface area contributed by atoms with E-state index in [1.807, 2.05) is 55.1 Å². The largest absolute Gasteiger partial charge is 0.337 e. The second-order valence-corrected chi connectivity index (χ2v) is 9.39. The number of amides is 2. The molecule has 35 heavy (non-hydrogen) atoms. The van der Waals surface area contributed by atoms with Crippen molar-refractivity contribution < 1.29 is 9.59 Å². The fourth-order valence-corrected chi connectivity index (χ4v) is 4.54. The van der Waals surface area contributed by atoms with Gasteiger partial charge in [0.15, 0.2) is 0 Å². The minimum atomic E-state index is -0.287. The Balaban J connectivity index is 1.68. The van der Waals surface area contributed by atoms with Crippen LogP contribution in [0.5, 0.6) is 0 Å². The lowest BCUT2D eigenvalue weighted by Gasteiger charge is -2.26. The molecular weight excluding hydrogens is 442 g/mol. The maximum Gasteiger partial charge on any atom is 0.259 e. The summed E-state index contributed by atoms with van der Waals surface area (Å²) in [6.07, 6.45) is 7.84. The van der Waals surface area contributed by atoms with Gasteiger partial charge in [0.1, 0.15) is 0 Å². The molecule has 0 unspecified atom stereocenters. The van der Waals surface area contributed by atoms with Gasteiger partial charge >= 0.3 is 0 Å². The fourth-order valence-electron chi connectivity index (χ4n) is 4.54. The quantitative estimate of drug-likeness (QED) is 0.549. The molecule has 3 aromatic rings. The van der Waals surface area contributed by atoms with E-state index >= 15 is 0 Å². The summed E-state index contributed by atoms with van der Waals surface area (Å²) in [5.41, 5.74) is 3.97. The molecule has 2 aromatic heterocycles. The summed E-state index contributed by atoms with van der Waals surface area (Å²) < 4.78 is 2.11. The standard InChI is InChI=1S/C26H33N7O2/c1-18-9-7-11-22-24(18)33(26(28-22)29-25(35)20-15-19(2)30-27-16-20)21-10-5-6-14-32(17-21)23(34)12-8-13-31(3)4/h7-9,11-12,15-16,21H,5-6,10,13-14,17H2,1-4H3,(H,28,29,35)/b12-8+/t21-/m1/s1. The Morgan fingerprint density at radius 2 is 2.06 bits per heavy atom. The molecule has 1 N–H and O–H groups in total. The fraction of sp³-hybridized carbons (Fsp3) is 0.423. The zero-order valence-corrected chi connectivity index (χ0v) is 20.9. The van der Waals surface area contributed by atoms with Crippen LogP contribution in [0.4, 0.5) is 5.95 Å². The van der Waals surface area contributed by atoms with Crippen LogP contribution in [0.1, 0.15) is 46.9 Å². The second-order valence-electron chi connectivity index (χ2n) is 9.39. The average molecular weight is 476 g/mol. The number of carbonyl (C=O) groups excluding carboxylic acids is 2. The van der Waals surface area contributed by atoms with Crippen LogP contribution in [-0.4, -0.2) is 75.1 Å². The van der Waals surface area contributed by atoms with Gasteiger partial charge in [-0.15, -0.1) is 0 Å². The number of carbonyl (C=O) groups is 2. The molecule has 1 aromatic carbocycles. The van der Waals surface area contributed by atoms with Crippen molar-refractivity contribution in [3.63, 3.8) is 0 Å². The van der Waals surface area contributed by atoms with Gasteiger partial charge in [-0.3, -0.25) is 14.9 Å². The monoisotopic (exact) mass is 475 g/mol. The third kappa shape index (κ3) is 5.74. The molecule has 1 atom stereocenters. The van der Waals surface area contributed by atoms with E-state index in [0.717, 1.165) is 42.4 Å². The molecule has 184 valence electrons. The number of imidazole rings is 1. The number of likely N-dealkylation sites (N-methyl/N-ethyl adjacent to an activating group) is 1. The number of anilines is 1. The molecule has 9 nitrogen and oxygen atoms in total. The molecular formula is C26H33N7O2. The van der Waals surface area contributed by atoms with Crippen molar-refractivity contribution in [2.45, 2.75) is 39.2 Å². The third-order valence-electron chi connectivity index (χ3n) is 6.23. The van der Waals surface area contributed by atoms with Crippen LogP contribution in [0.15, 0.2) is 42.6 Å². The number of aryl methyl sites for hydroxylation is 2. The minimum absolute atomic E-state index is 0.0117. The summed E-state index contributed by atoms with van der Waals surface area (Å²) in [6.45, 7) is 5.84. The van der Waals surface area contributed by atoms with Crippen LogP contribution in [-0.2, 0) is 4.79 Å². The second kappa shape index (κ2) is 10.8. The zero-order valence-electron chi connectivity index (χ0n) is 20.9. The Morgan fingerprint density at radius 3 is 2.83 bits per heavy atom. The van der Waals surface area contributed by atoms with Crippen LogP contribution in [0.25, 0.3) is 11.0 Å². The number of aromatic nitrogens is 4. The number of rotatable bonds is 6. The highest BCUT2D eigenvalue weighted by molar-refractivity contribution is 6.04. The lowest BCUT2D eigenvalue weighted by atomic mass is 10.1. The van der Waals surface area contributed by atoms with Gasteiger partial charge in [0, 0.05) is 25.7 Å². The van der Waals surface area contributed by atoms with Gasteiger partial charge in [-0.05, 0) is 64.9 Å². The van der Waals surface area contributed by atoms with Crippen LogP contribution in [0, 0.1) is 13.8 Å². The van der Waals surface area contributed by atoms with Crippen molar-refractivity contribution in [3.05, 3.63) is 59.4 Å². The minimum Gasteiger partial charge on any atom is -0.337 e. The van der Waals surface area contributed by atoms with E-state index in [0.29, 0.717) is 30.3 Å². The van der Waals surface area contributed by atoms with Crippen molar-refractivity contribution in [1.29, 1.82) is 0 Å². The van der Waals surface area contributed by atoms with Gasteiger partial charge in [-0.1, -0.05) is 18.2 Å². The van der Waals surface area contributed by atoms with Gasteiger partial charge in [0.2, 0.25) is 11.9 Å². The summed E-state index contributed by atoms with van der Waals surface area (Å²) in [5.74, 6) is 0.213. The maximum atomic E-state index is 13.1. The molecule has 1 saturated heterocycles. The molecule has 2 amide bonds. The molecule has 0 aliphatic carbocycles. The number of nitrogens with one attached hydrogen (secondary N) is 1. The number of hydrogen-bond donors (Lipinski definition) is 1. The molecule has 9 heteroatoms. The first-order chi connectivity index (χ1) is 16.8. The van der Waals surface area contributed by atoms with E-state index in [9.17, 15) is 9.59 Å². The van der Waals surface area contributed by atoms with E-state index in [2.05, 4.69) is 20.1 Å². The van der Waals surface area contributed by atoms with Crippen molar-refractivity contribution in [2.24, 2.45) is 0 Å². The van der Waals surface area contributed by atoms with Crippen LogP contribution < -0.4 is 5.32 Å². The van der Waals surface area contributed by atoms with Gasteiger partial charge in [-0.25, -0.2) is 4.98 Å². The smallest absolute Gasteiger partial charge is 0.259 e. The molecule has 1 fully saturated rings. The number of para-hydroxylation sites is 1. The number of hydrogen-bond acceptors (Lipinski definition) is 6. The first kappa shape index (κ1) is 24.5. The maximum absolute atomic E-state index is 13.1. The summed E-state index contributed by atoms with van der Waals surface area (Å²) in [7, 11) is 3.95. The normalized spacial score (nSPS) is 16.7. The lowest BCUT2D eigenvalue weighted by molar-refractivity contribution is -0.126. The first-order valence-corrected chi connectivity index (χ1v) is 12.0. The van der Waals surface area contributed by atoms with Crippen LogP contribution in [0.3, 0.4) is 0 Å². The van der Waals surface area contributed by atoms with Gasteiger partial charge < -0.3 is 14.4 Å². The molecule has 3 heterocycles. The number of likely N-dealkylation sites (tertiary alicyclic amines) is 1.